The number of hydrogen-bond acceptors (Lipinski definition) is 3. The van der Waals surface area contributed by atoms with Crippen molar-refractivity contribution < 1.29 is 27.2 Å². The maximum atomic E-state index is 13.1. The minimum Gasteiger partial charge on any atom is -0.390 e. The van der Waals surface area contributed by atoms with Crippen LogP contribution in [0.15, 0.2) is 53.7 Å². The van der Waals surface area contributed by atoms with Crippen LogP contribution in [-0.4, -0.2) is 29.2 Å². The van der Waals surface area contributed by atoms with Crippen LogP contribution >= 0.6 is 0 Å². The molecular weight excluding hydrogens is 388 g/mol. The van der Waals surface area contributed by atoms with Gasteiger partial charge in [0.25, 0.3) is 0 Å². The fraction of sp³-hybridized carbons (Fsp3) is 0.333. The number of carbonyl (C=O) groups excluding carboxylic acids is 1. The summed E-state index contributed by atoms with van der Waals surface area (Å²) in [6, 6.07) is 10.8. The molecule has 0 saturated heterocycles. The van der Waals surface area contributed by atoms with Gasteiger partial charge in [-0.1, -0.05) is 36.3 Å². The van der Waals surface area contributed by atoms with E-state index in [1.807, 2.05) is 0 Å². The van der Waals surface area contributed by atoms with Crippen molar-refractivity contribution >= 4 is 11.6 Å². The molecule has 0 aliphatic carbocycles. The standard InChI is InChI=1S/C21H20F4N2O2/c1-2-20(28)27(12-14-4-3-5-16(10-14)21(23,24)25)13-18-11-19(26-29-18)15-6-8-17(22)9-7-15/h3-10,18H,2,11-13H2,1H3/t18-/m1/s1. The molecule has 0 spiro atoms. The average Bonchev–Trinajstić information content (AvgIpc) is 3.15. The van der Waals surface area contributed by atoms with Crippen molar-refractivity contribution in [2.45, 2.75) is 38.6 Å². The Labute approximate surface area is 165 Å². The Balaban J connectivity index is 1.68. The summed E-state index contributed by atoms with van der Waals surface area (Å²) in [6.07, 6.45) is -4.22. The zero-order valence-electron chi connectivity index (χ0n) is 15.7. The third-order valence-electron chi connectivity index (χ3n) is 4.62. The highest BCUT2D eigenvalue weighted by molar-refractivity contribution is 6.01. The number of nitrogens with zero attached hydrogens (tertiary/aromatic N) is 2. The molecule has 0 radical (unpaired) electrons. The van der Waals surface area contributed by atoms with Crippen LogP contribution in [0.1, 0.15) is 36.5 Å². The number of halogens is 4. The molecule has 1 atom stereocenters. The van der Waals surface area contributed by atoms with E-state index in [1.165, 1.54) is 23.1 Å². The highest BCUT2D eigenvalue weighted by atomic mass is 19.4. The quantitative estimate of drug-likeness (QED) is 0.646. The fourth-order valence-corrected chi connectivity index (χ4v) is 3.13. The first kappa shape index (κ1) is 20.8. The zero-order valence-corrected chi connectivity index (χ0v) is 15.7. The fourth-order valence-electron chi connectivity index (χ4n) is 3.13. The number of alkyl halides is 3. The Kier molecular flexibility index (Phi) is 6.20. The second kappa shape index (κ2) is 8.63. The van der Waals surface area contributed by atoms with Gasteiger partial charge < -0.3 is 9.74 Å². The number of amides is 1. The van der Waals surface area contributed by atoms with Crippen molar-refractivity contribution in [2.24, 2.45) is 5.16 Å². The van der Waals surface area contributed by atoms with E-state index in [9.17, 15) is 22.4 Å². The third-order valence-corrected chi connectivity index (χ3v) is 4.62. The van der Waals surface area contributed by atoms with Gasteiger partial charge in [-0.2, -0.15) is 13.2 Å². The summed E-state index contributed by atoms with van der Waals surface area (Å²) in [4.78, 5) is 19.2. The van der Waals surface area contributed by atoms with E-state index in [2.05, 4.69) is 5.16 Å². The Bertz CT molecular complexity index is 894. The highest BCUT2D eigenvalue weighted by Crippen LogP contribution is 2.30. The van der Waals surface area contributed by atoms with Crippen molar-refractivity contribution in [3.05, 3.63) is 71.0 Å². The van der Waals surface area contributed by atoms with Crippen LogP contribution in [0, 0.1) is 5.82 Å². The van der Waals surface area contributed by atoms with Crippen molar-refractivity contribution in [1.82, 2.24) is 4.90 Å². The molecule has 2 aromatic carbocycles. The molecule has 3 rings (SSSR count). The van der Waals surface area contributed by atoms with Gasteiger partial charge in [-0.15, -0.1) is 0 Å². The summed E-state index contributed by atoms with van der Waals surface area (Å²) in [6.45, 7) is 1.93. The minimum atomic E-state index is -4.44. The Morgan fingerprint density at radius 1 is 1.21 bits per heavy atom. The molecule has 1 heterocycles. The molecule has 1 amide bonds. The molecular formula is C21H20F4N2O2. The van der Waals surface area contributed by atoms with E-state index >= 15 is 0 Å². The Hall–Kier alpha value is -2.90. The number of rotatable bonds is 6. The maximum Gasteiger partial charge on any atom is 0.416 e. The van der Waals surface area contributed by atoms with Crippen LogP contribution in [0.3, 0.4) is 0 Å². The van der Waals surface area contributed by atoms with Crippen LogP contribution < -0.4 is 0 Å². The molecule has 0 N–H and O–H groups in total. The summed E-state index contributed by atoms with van der Waals surface area (Å²) in [5, 5.41) is 4.02. The molecule has 2 aromatic rings. The Morgan fingerprint density at radius 2 is 1.93 bits per heavy atom. The first-order valence-electron chi connectivity index (χ1n) is 9.18. The largest absolute Gasteiger partial charge is 0.416 e. The lowest BCUT2D eigenvalue weighted by molar-refractivity contribution is -0.137. The van der Waals surface area contributed by atoms with Gasteiger partial charge in [0.1, 0.15) is 5.82 Å². The number of benzene rings is 2. The molecule has 1 aliphatic heterocycles. The lowest BCUT2D eigenvalue weighted by atomic mass is 10.0. The van der Waals surface area contributed by atoms with E-state index in [0.29, 0.717) is 17.7 Å². The summed E-state index contributed by atoms with van der Waals surface area (Å²) in [7, 11) is 0. The SMILES string of the molecule is CCC(=O)N(Cc1cccc(C(F)(F)F)c1)C[C@H]1CC(c2ccc(F)cc2)=NO1. The summed E-state index contributed by atoms with van der Waals surface area (Å²) in [5.74, 6) is -0.549. The molecule has 8 heteroatoms. The normalized spacial score (nSPS) is 16.3. The summed E-state index contributed by atoms with van der Waals surface area (Å²) in [5.41, 5.74) is 0.996. The molecule has 0 bridgehead atoms. The van der Waals surface area contributed by atoms with Crippen LogP contribution in [0.25, 0.3) is 0 Å². The van der Waals surface area contributed by atoms with Crippen molar-refractivity contribution in [2.75, 3.05) is 6.54 Å². The second-order valence-corrected chi connectivity index (χ2v) is 6.80. The van der Waals surface area contributed by atoms with Crippen LogP contribution in [0.5, 0.6) is 0 Å². The average molecular weight is 408 g/mol. The summed E-state index contributed by atoms with van der Waals surface area (Å²) < 4.78 is 51.9. The Morgan fingerprint density at radius 3 is 2.59 bits per heavy atom. The van der Waals surface area contributed by atoms with Gasteiger partial charge in [-0.25, -0.2) is 4.39 Å². The van der Waals surface area contributed by atoms with Crippen LogP contribution in [-0.2, 0) is 22.4 Å². The van der Waals surface area contributed by atoms with Gasteiger partial charge >= 0.3 is 6.18 Å². The van der Waals surface area contributed by atoms with Gasteiger partial charge in [0.15, 0.2) is 6.10 Å². The molecule has 0 aromatic heterocycles. The van der Waals surface area contributed by atoms with E-state index in [1.54, 1.807) is 25.1 Å². The number of oxime groups is 1. The monoisotopic (exact) mass is 408 g/mol. The smallest absolute Gasteiger partial charge is 0.390 e. The molecule has 0 fully saturated rings. The van der Waals surface area contributed by atoms with Crippen LogP contribution in [0.4, 0.5) is 17.6 Å². The molecule has 0 saturated carbocycles. The molecule has 29 heavy (non-hydrogen) atoms. The minimum absolute atomic E-state index is 0.0440. The molecule has 0 unspecified atom stereocenters. The van der Waals surface area contributed by atoms with E-state index in [4.69, 9.17) is 4.84 Å². The molecule has 1 aliphatic rings. The van der Waals surface area contributed by atoms with Gasteiger partial charge in [-0.3, -0.25) is 4.79 Å². The predicted octanol–water partition coefficient (Wildman–Crippen LogP) is 4.78. The van der Waals surface area contributed by atoms with Gasteiger partial charge in [-0.05, 0) is 35.4 Å². The van der Waals surface area contributed by atoms with Crippen molar-refractivity contribution in [1.29, 1.82) is 0 Å². The number of hydrogen-bond donors (Lipinski definition) is 0. The lowest BCUT2D eigenvalue weighted by Crippen LogP contribution is -2.37. The third kappa shape index (κ3) is 5.34. The first-order chi connectivity index (χ1) is 13.8. The summed E-state index contributed by atoms with van der Waals surface area (Å²) >= 11 is 0. The van der Waals surface area contributed by atoms with E-state index < -0.39 is 17.8 Å². The van der Waals surface area contributed by atoms with Gasteiger partial charge in [0.2, 0.25) is 5.91 Å². The van der Waals surface area contributed by atoms with E-state index in [0.717, 1.165) is 17.7 Å². The van der Waals surface area contributed by atoms with Gasteiger partial charge in [0.05, 0.1) is 17.8 Å². The number of carbonyl (C=O) groups is 1. The molecule has 154 valence electrons. The topological polar surface area (TPSA) is 41.9 Å². The van der Waals surface area contributed by atoms with E-state index in [-0.39, 0.29) is 31.2 Å². The van der Waals surface area contributed by atoms with Crippen molar-refractivity contribution in [3.63, 3.8) is 0 Å². The zero-order chi connectivity index (χ0) is 21.0. The van der Waals surface area contributed by atoms with Crippen LogP contribution in [0.2, 0.25) is 0 Å². The lowest BCUT2D eigenvalue weighted by Gasteiger charge is -2.25. The van der Waals surface area contributed by atoms with Crippen molar-refractivity contribution in [3.8, 4) is 0 Å². The second-order valence-electron chi connectivity index (χ2n) is 6.80. The maximum absolute atomic E-state index is 13.1. The molecule has 4 nitrogen and oxygen atoms in total. The van der Waals surface area contributed by atoms with Gasteiger partial charge in [0, 0.05) is 19.4 Å². The first-order valence-corrected chi connectivity index (χ1v) is 9.18. The highest BCUT2D eigenvalue weighted by Gasteiger charge is 2.31. The predicted molar refractivity (Wildman–Crippen MR) is 99.6 cm³/mol.